The number of carbonyl (C=O) groups is 1. The van der Waals surface area contributed by atoms with E-state index in [0.29, 0.717) is 11.4 Å². The van der Waals surface area contributed by atoms with E-state index in [2.05, 4.69) is 22.8 Å². The summed E-state index contributed by atoms with van der Waals surface area (Å²) in [5.41, 5.74) is 1.55. The molecule has 0 unspecified atom stereocenters. The summed E-state index contributed by atoms with van der Waals surface area (Å²) in [6.45, 7) is 4.01. The van der Waals surface area contributed by atoms with Crippen LogP contribution in [0.25, 0.3) is 0 Å². The first kappa shape index (κ1) is 15.9. The Morgan fingerprint density at radius 1 is 1.09 bits per heavy atom. The van der Waals surface area contributed by atoms with Gasteiger partial charge in [0.1, 0.15) is 5.75 Å². The number of nitrogens with one attached hydrogen (secondary N) is 2. The lowest BCUT2D eigenvalue weighted by atomic mass is 9.95. The predicted octanol–water partition coefficient (Wildman–Crippen LogP) is 3.84. The van der Waals surface area contributed by atoms with Crippen molar-refractivity contribution >= 4 is 11.7 Å². The van der Waals surface area contributed by atoms with Gasteiger partial charge >= 0.3 is 6.03 Å². The number of hydrogen-bond donors (Lipinski definition) is 2. The maximum Gasteiger partial charge on any atom is 0.319 e. The zero-order valence-electron chi connectivity index (χ0n) is 13.2. The highest BCUT2D eigenvalue weighted by Crippen LogP contribution is 2.17. The molecule has 2 amide bonds. The average molecular weight is 298 g/mol. The smallest absolute Gasteiger partial charge is 0.319 e. The molecular formula is C18H22N2O2. The van der Waals surface area contributed by atoms with Crippen molar-refractivity contribution < 1.29 is 9.53 Å². The molecule has 0 aromatic heterocycles. The number of amides is 2. The van der Waals surface area contributed by atoms with Gasteiger partial charge in [-0.05, 0) is 38.0 Å². The van der Waals surface area contributed by atoms with E-state index < -0.39 is 0 Å². The van der Waals surface area contributed by atoms with Crippen LogP contribution < -0.4 is 15.4 Å². The Bertz CT molecular complexity index is 624. The van der Waals surface area contributed by atoms with E-state index in [1.165, 1.54) is 5.56 Å². The lowest BCUT2D eigenvalue weighted by Crippen LogP contribution is -2.47. The first-order valence-electron chi connectivity index (χ1n) is 7.26. The first-order chi connectivity index (χ1) is 10.5. The minimum absolute atomic E-state index is 0.228. The summed E-state index contributed by atoms with van der Waals surface area (Å²) in [6.07, 6.45) is 0.763. The van der Waals surface area contributed by atoms with Gasteiger partial charge in [-0.1, -0.05) is 36.4 Å². The molecule has 0 atom stereocenters. The van der Waals surface area contributed by atoms with Crippen molar-refractivity contribution in [3.8, 4) is 5.75 Å². The van der Waals surface area contributed by atoms with Gasteiger partial charge in [0, 0.05) is 17.3 Å². The molecule has 2 N–H and O–H groups in total. The fourth-order valence-corrected chi connectivity index (χ4v) is 2.32. The SMILES string of the molecule is COc1cccc(NC(=O)NC(C)(C)Cc2ccccc2)c1. The van der Waals surface area contributed by atoms with Crippen molar-refractivity contribution in [1.29, 1.82) is 0 Å². The van der Waals surface area contributed by atoms with Gasteiger partial charge in [-0.25, -0.2) is 4.79 Å². The molecule has 0 spiro atoms. The van der Waals surface area contributed by atoms with Crippen LogP contribution in [-0.2, 0) is 6.42 Å². The Morgan fingerprint density at radius 2 is 1.82 bits per heavy atom. The van der Waals surface area contributed by atoms with Crippen LogP contribution in [0.5, 0.6) is 5.75 Å². The third-order valence-electron chi connectivity index (χ3n) is 3.27. The summed E-state index contributed by atoms with van der Waals surface area (Å²) < 4.78 is 5.14. The molecule has 2 rings (SSSR count). The van der Waals surface area contributed by atoms with Gasteiger partial charge in [0.2, 0.25) is 0 Å². The van der Waals surface area contributed by atoms with Gasteiger partial charge in [-0.2, -0.15) is 0 Å². The number of urea groups is 1. The molecule has 2 aromatic carbocycles. The highest BCUT2D eigenvalue weighted by molar-refractivity contribution is 5.89. The van der Waals surface area contributed by atoms with E-state index in [1.807, 2.05) is 50.2 Å². The highest BCUT2D eigenvalue weighted by atomic mass is 16.5. The van der Waals surface area contributed by atoms with E-state index in [0.717, 1.165) is 6.42 Å². The molecule has 0 saturated carbocycles. The fourth-order valence-electron chi connectivity index (χ4n) is 2.32. The van der Waals surface area contributed by atoms with E-state index in [4.69, 9.17) is 4.74 Å². The molecule has 0 aliphatic carbocycles. The number of rotatable bonds is 5. The summed E-state index contributed by atoms with van der Waals surface area (Å²) in [5, 5.41) is 5.83. The van der Waals surface area contributed by atoms with Crippen molar-refractivity contribution in [2.24, 2.45) is 0 Å². The normalized spacial score (nSPS) is 10.9. The highest BCUT2D eigenvalue weighted by Gasteiger charge is 2.21. The summed E-state index contributed by atoms with van der Waals surface area (Å²) >= 11 is 0. The van der Waals surface area contributed by atoms with Crippen LogP contribution in [0.4, 0.5) is 10.5 Å². The largest absolute Gasteiger partial charge is 0.497 e. The topological polar surface area (TPSA) is 50.4 Å². The number of hydrogen-bond acceptors (Lipinski definition) is 2. The molecule has 0 heterocycles. The van der Waals surface area contributed by atoms with Gasteiger partial charge in [-0.15, -0.1) is 0 Å². The van der Waals surface area contributed by atoms with E-state index in [1.54, 1.807) is 13.2 Å². The lowest BCUT2D eigenvalue weighted by Gasteiger charge is -2.26. The van der Waals surface area contributed by atoms with Gasteiger partial charge in [-0.3, -0.25) is 0 Å². The van der Waals surface area contributed by atoms with Gasteiger partial charge < -0.3 is 15.4 Å². The zero-order chi connectivity index (χ0) is 16.0. The molecule has 0 aliphatic rings. The molecular weight excluding hydrogens is 276 g/mol. The molecule has 0 saturated heterocycles. The summed E-state index contributed by atoms with van der Waals surface area (Å²) in [7, 11) is 1.60. The van der Waals surface area contributed by atoms with Crippen LogP contribution in [0, 0.1) is 0 Å². The molecule has 0 radical (unpaired) electrons. The van der Waals surface area contributed by atoms with Gasteiger partial charge in [0.15, 0.2) is 0 Å². The van der Waals surface area contributed by atoms with Crippen molar-refractivity contribution in [1.82, 2.24) is 5.32 Å². The van der Waals surface area contributed by atoms with Crippen LogP contribution in [0.1, 0.15) is 19.4 Å². The third kappa shape index (κ3) is 4.81. The second-order valence-electron chi connectivity index (χ2n) is 5.86. The molecule has 0 bridgehead atoms. The van der Waals surface area contributed by atoms with Crippen LogP contribution >= 0.6 is 0 Å². The standard InChI is InChI=1S/C18H22N2O2/c1-18(2,13-14-8-5-4-6-9-14)20-17(21)19-15-10-7-11-16(12-15)22-3/h4-12H,13H2,1-3H3,(H2,19,20,21). The Kier molecular flexibility index (Phi) is 5.04. The number of carbonyl (C=O) groups excluding carboxylic acids is 1. The minimum atomic E-state index is -0.343. The van der Waals surface area contributed by atoms with E-state index in [9.17, 15) is 4.79 Å². The number of benzene rings is 2. The van der Waals surface area contributed by atoms with Crippen LogP contribution in [0.2, 0.25) is 0 Å². The van der Waals surface area contributed by atoms with Crippen LogP contribution in [0.3, 0.4) is 0 Å². The fraction of sp³-hybridized carbons (Fsp3) is 0.278. The quantitative estimate of drug-likeness (QED) is 0.881. The maximum absolute atomic E-state index is 12.2. The Balaban J connectivity index is 1.95. The molecule has 22 heavy (non-hydrogen) atoms. The molecule has 4 heteroatoms. The molecule has 116 valence electrons. The van der Waals surface area contributed by atoms with Crippen LogP contribution in [0.15, 0.2) is 54.6 Å². The average Bonchev–Trinajstić information content (AvgIpc) is 2.47. The van der Waals surface area contributed by atoms with Gasteiger partial charge in [0.05, 0.1) is 7.11 Å². The van der Waals surface area contributed by atoms with Crippen molar-refractivity contribution in [3.05, 3.63) is 60.2 Å². The predicted molar refractivity (Wildman–Crippen MR) is 89.4 cm³/mol. The van der Waals surface area contributed by atoms with E-state index >= 15 is 0 Å². The van der Waals surface area contributed by atoms with Crippen molar-refractivity contribution in [2.45, 2.75) is 25.8 Å². The molecule has 0 aliphatic heterocycles. The first-order valence-corrected chi connectivity index (χ1v) is 7.26. The molecule has 4 nitrogen and oxygen atoms in total. The maximum atomic E-state index is 12.2. The summed E-state index contributed by atoms with van der Waals surface area (Å²) in [6, 6.07) is 17.2. The monoisotopic (exact) mass is 298 g/mol. The zero-order valence-corrected chi connectivity index (χ0v) is 13.2. The van der Waals surface area contributed by atoms with Crippen molar-refractivity contribution in [2.75, 3.05) is 12.4 Å². The molecule has 0 fully saturated rings. The van der Waals surface area contributed by atoms with Crippen molar-refractivity contribution in [3.63, 3.8) is 0 Å². The summed E-state index contributed by atoms with van der Waals surface area (Å²) in [5.74, 6) is 0.710. The Hall–Kier alpha value is -2.49. The number of anilines is 1. The Morgan fingerprint density at radius 3 is 2.50 bits per heavy atom. The number of methoxy groups -OCH3 is 1. The van der Waals surface area contributed by atoms with Crippen LogP contribution in [-0.4, -0.2) is 18.7 Å². The number of ether oxygens (including phenoxy) is 1. The summed E-state index contributed by atoms with van der Waals surface area (Å²) in [4.78, 5) is 12.2. The second kappa shape index (κ2) is 6.98. The third-order valence-corrected chi connectivity index (χ3v) is 3.27. The Labute approximate surface area is 131 Å². The second-order valence-corrected chi connectivity index (χ2v) is 5.86. The van der Waals surface area contributed by atoms with Gasteiger partial charge in [0.25, 0.3) is 0 Å². The van der Waals surface area contributed by atoms with E-state index in [-0.39, 0.29) is 11.6 Å². The lowest BCUT2D eigenvalue weighted by molar-refractivity contribution is 0.241. The minimum Gasteiger partial charge on any atom is -0.497 e. The molecule has 2 aromatic rings.